The normalized spacial score (nSPS) is 50.5. The maximum atomic E-state index is 13.1. The molecule has 25 heavy (non-hydrogen) atoms. The summed E-state index contributed by atoms with van der Waals surface area (Å²) in [5, 5.41) is 10.9. The van der Waals surface area contributed by atoms with E-state index in [4.69, 9.17) is 14.5 Å². The number of hydrogen-bond donors (Lipinski definition) is 1. The van der Waals surface area contributed by atoms with Gasteiger partial charge in [-0.2, -0.15) is 4.89 Å². The lowest BCUT2D eigenvalue weighted by molar-refractivity contribution is -0.543. The number of Topliss-reactive ketones (excluding diaryl/α,β-unsaturated/α-hetero) is 1. The number of hydrogen-bond acceptors (Lipinski definition) is 5. The molecule has 0 aromatic heterocycles. The molecule has 6 aliphatic rings. The van der Waals surface area contributed by atoms with Gasteiger partial charge in [-0.1, -0.05) is 25.2 Å². The molecule has 2 spiro atoms. The SMILES string of the molecule is C=C(C)[C@H]1CC[C@]23CO[C@]4(OO2)C2=C(C(=O)C(C)=C[C@@H]1[C@H]23)[C@@H](O)[C@@H]4C. The molecule has 0 unspecified atom stereocenters. The van der Waals surface area contributed by atoms with Crippen molar-refractivity contribution < 1.29 is 24.4 Å². The second kappa shape index (κ2) is 4.71. The van der Waals surface area contributed by atoms with E-state index in [0.717, 1.165) is 24.0 Å². The first kappa shape index (κ1) is 15.9. The second-order valence-corrected chi connectivity index (χ2v) is 8.47. The number of fused-ring (bicyclic) bond motifs is 2. The highest BCUT2D eigenvalue weighted by molar-refractivity contribution is 6.10. The fraction of sp³-hybridized carbons (Fsp3) is 0.650. The maximum Gasteiger partial charge on any atom is 0.230 e. The maximum absolute atomic E-state index is 13.1. The molecule has 7 atom stereocenters. The van der Waals surface area contributed by atoms with E-state index in [2.05, 4.69) is 19.6 Å². The highest BCUT2D eigenvalue weighted by Gasteiger charge is 2.72. The zero-order valence-corrected chi connectivity index (χ0v) is 14.9. The van der Waals surface area contributed by atoms with Crippen LogP contribution < -0.4 is 0 Å². The molecular weight excluding hydrogens is 320 g/mol. The molecular formula is C20H24O5. The van der Waals surface area contributed by atoms with Crippen LogP contribution >= 0.6 is 0 Å². The molecule has 3 aliphatic carbocycles. The number of ether oxygens (including phenoxy) is 1. The van der Waals surface area contributed by atoms with Crippen LogP contribution in [0.3, 0.4) is 0 Å². The Kier molecular flexibility index (Phi) is 3.00. The number of ketones is 1. The van der Waals surface area contributed by atoms with Crippen LogP contribution in [0.1, 0.15) is 33.6 Å². The minimum Gasteiger partial charge on any atom is -0.388 e. The summed E-state index contributed by atoms with van der Waals surface area (Å²) in [7, 11) is 0. The van der Waals surface area contributed by atoms with Crippen LogP contribution in [0, 0.1) is 23.7 Å². The van der Waals surface area contributed by atoms with Gasteiger partial charge >= 0.3 is 0 Å². The fourth-order valence-corrected chi connectivity index (χ4v) is 5.85. The Hall–Kier alpha value is -1.27. The predicted octanol–water partition coefficient (Wildman–Crippen LogP) is 2.47. The van der Waals surface area contributed by atoms with Gasteiger partial charge in [0.1, 0.15) is 5.60 Å². The van der Waals surface area contributed by atoms with Crippen molar-refractivity contribution in [3.63, 3.8) is 0 Å². The molecule has 6 rings (SSSR count). The predicted molar refractivity (Wildman–Crippen MR) is 89.1 cm³/mol. The molecule has 134 valence electrons. The van der Waals surface area contributed by atoms with Gasteiger partial charge in [-0.3, -0.25) is 4.79 Å². The summed E-state index contributed by atoms with van der Waals surface area (Å²) in [6, 6.07) is 0. The Morgan fingerprint density at radius 1 is 1.40 bits per heavy atom. The van der Waals surface area contributed by atoms with Crippen molar-refractivity contribution in [3.05, 3.63) is 34.9 Å². The van der Waals surface area contributed by atoms with Crippen LogP contribution in [0.15, 0.2) is 34.9 Å². The van der Waals surface area contributed by atoms with Gasteiger partial charge in [0.05, 0.1) is 12.7 Å². The number of allylic oxidation sites excluding steroid dienone is 3. The summed E-state index contributed by atoms with van der Waals surface area (Å²) >= 11 is 0. The molecule has 1 N–H and O–H groups in total. The zero-order valence-electron chi connectivity index (χ0n) is 14.9. The third-order valence-electron chi connectivity index (χ3n) is 7.18. The first-order chi connectivity index (χ1) is 11.8. The highest BCUT2D eigenvalue weighted by Crippen LogP contribution is 2.65. The summed E-state index contributed by atoms with van der Waals surface area (Å²) in [4.78, 5) is 24.8. The molecule has 0 radical (unpaired) electrons. The lowest BCUT2D eigenvalue weighted by Gasteiger charge is -2.61. The molecule has 1 saturated carbocycles. The summed E-state index contributed by atoms with van der Waals surface area (Å²) in [5.74, 6) is -1.20. The highest BCUT2D eigenvalue weighted by atomic mass is 17.3. The van der Waals surface area contributed by atoms with Crippen molar-refractivity contribution >= 4 is 5.78 Å². The van der Waals surface area contributed by atoms with Crippen LogP contribution in [-0.4, -0.2) is 35.0 Å². The molecule has 0 aromatic carbocycles. The van der Waals surface area contributed by atoms with Crippen molar-refractivity contribution in [1.29, 1.82) is 0 Å². The van der Waals surface area contributed by atoms with Gasteiger partial charge in [0.15, 0.2) is 5.78 Å². The van der Waals surface area contributed by atoms with Gasteiger partial charge < -0.3 is 9.84 Å². The summed E-state index contributed by atoms with van der Waals surface area (Å²) in [6.45, 7) is 10.4. The molecule has 3 aliphatic heterocycles. The third-order valence-corrected chi connectivity index (χ3v) is 7.18. The van der Waals surface area contributed by atoms with Gasteiger partial charge in [0, 0.05) is 23.0 Å². The van der Waals surface area contributed by atoms with Gasteiger partial charge in [-0.25, -0.2) is 4.89 Å². The molecule has 5 heteroatoms. The first-order valence-electron chi connectivity index (χ1n) is 9.14. The number of aliphatic hydroxyl groups excluding tert-OH is 1. The van der Waals surface area contributed by atoms with E-state index >= 15 is 0 Å². The molecule has 5 nitrogen and oxygen atoms in total. The van der Waals surface area contributed by atoms with E-state index in [-0.39, 0.29) is 23.5 Å². The average Bonchev–Trinajstić information content (AvgIpc) is 2.73. The van der Waals surface area contributed by atoms with Crippen LogP contribution in [0.2, 0.25) is 0 Å². The Morgan fingerprint density at radius 3 is 2.80 bits per heavy atom. The molecule has 0 aromatic rings. The average molecular weight is 344 g/mol. The van der Waals surface area contributed by atoms with E-state index in [9.17, 15) is 9.90 Å². The quantitative estimate of drug-likeness (QED) is 0.585. The van der Waals surface area contributed by atoms with E-state index in [1.54, 1.807) is 0 Å². The number of carbonyl (C=O) groups is 1. The van der Waals surface area contributed by atoms with E-state index in [1.165, 1.54) is 0 Å². The first-order valence-corrected chi connectivity index (χ1v) is 9.14. The van der Waals surface area contributed by atoms with Crippen molar-refractivity contribution in [2.75, 3.05) is 6.61 Å². The molecule has 4 fully saturated rings. The number of rotatable bonds is 1. The molecule has 2 bridgehead atoms. The van der Waals surface area contributed by atoms with Crippen molar-refractivity contribution in [3.8, 4) is 0 Å². The molecule has 0 amide bonds. The third kappa shape index (κ3) is 1.66. The lowest BCUT2D eigenvalue weighted by Crippen LogP contribution is -2.68. The van der Waals surface area contributed by atoms with Gasteiger partial charge in [-0.05, 0) is 44.1 Å². The monoisotopic (exact) mass is 344 g/mol. The Labute approximate surface area is 147 Å². The summed E-state index contributed by atoms with van der Waals surface area (Å²) in [6.07, 6.45) is 2.91. The number of aliphatic hydroxyl groups is 1. The Balaban J connectivity index is 1.80. The van der Waals surface area contributed by atoms with E-state index < -0.39 is 17.5 Å². The lowest BCUT2D eigenvalue weighted by atomic mass is 9.58. The summed E-state index contributed by atoms with van der Waals surface area (Å²) in [5.41, 5.74) is 2.55. The minimum atomic E-state index is -1.13. The van der Waals surface area contributed by atoms with E-state index in [1.807, 2.05) is 13.8 Å². The molecule has 3 saturated heterocycles. The molecule has 3 heterocycles. The van der Waals surface area contributed by atoms with Crippen molar-refractivity contribution in [2.45, 2.75) is 51.1 Å². The van der Waals surface area contributed by atoms with Crippen molar-refractivity contribution in [2.24, 2.45) is 23.7 Å². The smallest absolute Gasteiger partial charge is 0.230 e. The summed E-state index contributed by atoms with van der Waals surface area (Å²) < 4.78 is 6.16. The van der Waals surface area contributed by atoms with Gasteiger partial charge in [0.2, 0.25) is 5.79 Å². The van der Waals surface area contributed by atoms with Crippen LogP contribution in [0.5, 0.6) is 0 Å². The largest absolute Gasteiger partial charge is 0.388 e. The van der Waals surface area contributed by atoms with Gasteiger partial charge in [-0.15, -0.1) is 0 Å². The van der Waals surface area contributed by atoms with Gasteiger partial charge in [0.25, 0.3) is 0 Å². The van der Waals surface area contributed by atoms with Crippen LogP contribution in [0.25, 0.3) is 0 Å². The van der Waals surface area contributed by atoms with E-state index in [0.29, 0.717) is 23.7 Å². The second-order valence-electron chi connectivity index (χ2n) is 8.47. The number of carbonyl (C=O) groups excluding carboxylic acids is 1. The zero-order chi connectivity index (χ0) is 17.7. The standard InChI is InChI=1S/C20H24O5/c1-9(2)12-5-6-19-8-23-20(25-24-19)11(4)18(22)14-16(20)15(19)13(12)7-10(3)17(14)21/h7,11-13,15,18,22H,1,5-6,8H2,2-4H3/t11-,12+,13-,15+,18-,19+,20+/m0/s1. The topological polar surface area (TPSA) is 65.0 Å². The fourth-order valence-electron chi connectivity index (χ4n) is 5.85. The van der Waals surface area contributed by atoms with Crippen LogP contribution in [-0.2, 0) is 19.3 Å². The van der Waals surface area contributed by atoms with Crippen molar-refractivity contribution in [1.82, 2.24) is 0 Å². The minimum absolute atomic E-state index is 0.0125. The Morgan fingerprint density at radius 2 is 2.16 bits per heavy atom. The van der Waals surface area contributed by atoms with Crippen LogP contribution in [0.4, 0.5) is 0 Å². The Bertz CT molecular complexity index is 752.